The zero-order valence-electron chi connectivity index (χ0n) is 19.8. The van der Waals surface area contributed by atoms with Gasteiger partial charge in [-0.2, -0.15) is 5.10 Å². The second-order valence-electron chi connectivity index (χ2n) is 9.97. The Morgan fingerprint density at radius 3 is 2.74 bits per heavy atom. The number of halogens is 1. The number of fused-ring (bicyclic) bond motifs is 2. The maximum atomic E-state index is 13.4. The maximum Gasteiger partial charge on any atom is 0.217 e. The molecule has 1 fully saturated rings. The number of benzene rings is 1. The van der Waals surface area contributed by atoms with Crippen molar-refractivity contribution in [3.8, 4) is 5.69 Å². The smallest absolute Gasteiger partial charge is 0.217 e. The number of rotatable bonds is 7. The summed E-state index contributed by atoms with van der Waals surface area (Å²) in [5.74, 6) is 0.285. The normalized spacial score (nSPS) is 22.0. The highest BCUT2D eigenvalue weighted by atomic mass is 19.1. The summed E-state index contributed by atoms with van der Waals surface area (Å²) in [5.41, 5.74) is 5.99. The highest BCUT2D eigenvalue weighted by Crippen LogP contribution is 2.54. The van der Waals surface area contributed by atoms with E-state index in [0.717, 1.165) is 49.9 Å². The first-order chi connectivity index (χ1) is 16.4. The number of amides is 1. The summed E-state index contributed by atoms with van der Waals surface area (Å²) in [7, 11) is 0. The van der Waals surface area contributed by atoms with Gasteiger partial charge in [0.1, 0.15) is 5.82 Å². The quantitative estimate of drug-likeness (QED) is 0.523. The van der Waals surface area contributed by atoms with Crippen LogP contribution in [0, 0.1) is 17.2 Å². The minimum atomic E-state index is -0.244. The number of aryl methyl sites for hydroxylation is 1. The van der Waals surface area contributed by atoms with Crippen LogP contribution in [0.25, 0.3) is 11.8 Å². The van der Waals surface area contributed by atoms with Crippen LogP contribution in [0.2, 0.25) is 0 Å². The van der Waals surface area contributed by atoms with Crippen molar-refractivity contribution >= 4 is 12.0 Å². The number of nitrogens with zero attached hydrogens (tertiary/aromatic N) is 3. The van der Waals surface area contributed by atoms with E-state index in [2.05, 4.69) is 28.4 Å². The third kappa shape index (κ3) is 4.41. The molecule has 0 radical (unpaired) electrons. The van der Waals surface area contributed by atoms with Crippen molar-refractivity contribution in [2.75, 3.05) is 0 Å². The second kappa shape index (κ2) is 9.16. The molecule has 6 heteroatoms. The van der Waals surface area contributed by atoms with Gasteiger partial charge in [0.25, 0.3) is 0 Å². The van der Waals surface area contributed by atoms with Crippen molar-refractivity contribution in [2.45, 2.75) is 58.4 Å². The topological polar surface area (TPSA) is 59.8 Å². The minimum absolute atomic E-state index is 0.0325. The number of hydrogen-bond acceptors (Lipinski definition) is 3. The lowest BCUT2D eigenvalue weighted by molar-refractivity contribution is -0.119. The fraction of sp³-hybridized carbons (Fsp3) is 0.393. The van der Waals surface area contributed by atoms with E-state index in [9.17, 15) is 9.18 Å². The summed E-state index contributed by atoms with van der Waals surface area (Å²) in [6, 6.07) is 10.7. The lowest BCUT2D eigenvalue weighted by Gasteiger charge is -2.37. The van der Waals surface area contributed by atoms with Gasteiger partial charge in [-0.3, -0.25) is 9.78 Å². The van der Waals surface area contributed by atoms with E-state index >= 15 is 0 Å². The molecule has 2 heterocycles. The Labute approximate surface area is 200 Å². The van der Waals surface area contributed by atoms with Crippen LogP contribution in [0.3, 0.4) is 0 Å². The molecule has 0 spiro atoms. The average molecular weight is 459 g/mol. The van der Waals surface area contributed by atoms with Crippen LogP contribution in [0.5, 0.6) is 0 Å². The van der Waals surface area contributed by atoms with E-state index in [-0.39, 0.29) is 23.2 Å². The third-order valence-corrected chi connectivity index (χ3v) is 7.73. The molecule has 0 saturated heterocycles. The van der Waals surface area contributed by atoms with Gasteiger partial charge >= 0.3 is 0 Å². The van der Waals surface area contributed by atoms with Crippen molar-refractivity contribution in [3.05, 3.63) is 83.2 Å². The number of carbonyl (C=O) groups excluding carboxylic acids is 1. The molecule has 0 aliphatic heterocycles. The Morgan fingerprint density at radius 1 is 1.24 bits per heavy atom. The molecular formula is C28H31FN4O. The number of pyridine rings is 1. The Balaban J connectivity index is 1.34. The molecule has 2 aliphatic carbocycles. The summed E-state index contributed by atoms with van der Waals surface area (Å²) >= 11 is 0. The van der Waals surface area contributed by atoms with Gasteiger partial charge in [-0.15, -0.1) is 0 Å². The van der Waals surface area contributed by atoms with Crippen LogP contribution in [0.1, 0.15) is 56.4 Å². The van der Waals surface area contributed by atoms with Gasteiger partial charge < -0.3 is 5.32 Å². The van der Waals surface area contributed by atoms with Crippen molar-refractivity contribution in [1.29, 1.82) is 0 Å². The average Bonchev–Trinajstić information content (AvgIpc) is 3.36. The van der Waals surface area contributed by atoms with Crippen LogP contribution in [0.4, 0.5) is 4.39 Å². The van der Waals surface area contributed by atoms with E-state index in [1.165, 1.54) is 28.8 Å². The van der Waals surface area contributed by atoms with Gasteiger partial charge in [0.2, 0.25) is 5.91 Å². The van der Waals surface area contributed by atoms with E-state index in [1.54, 1.807) is 19.1 Å². The highest BCUT2D eigenvalue weighted by Gasteiger charge is 2.46. The fourth-order valence-electron chi connectivity index (χ4n) is 5.87. The van der Waals surface area contributed by atoms with Gasteiger partial charge in [0.15, 0.2) is 0 Å². The molecule has 5 rings (SSSR count). The molecule has 0 bridgehead atoms. The zero-order valence-corrected chi connectivity index (χ0v) is 19.8. The number of aromatic nitrogens is 3. The summed E-state index contributed by atoms with van der Waals surface area (Å²) in [6.07, 6.45) is 13.9. The van der Waals surface area contributed by atoms with E-state index < -0.39 is 0 Å². The van der Waals surface area contributed by atoms with E-state index in [4.69, 9.17) is 0 Å². The predicted molar refractivity (Wildman–Crippen MR) is 131 cm³/mol. The summed E-state index contributed by atoms with van der Waals surface area (Å²) < 4.78 is 15.3. The molecule has 5 nitrogen and oxygen atoms in total. The van der Waals surface area contributed by atoms with Gasteiger partial charge in [-0.1, -0.05) is 12.5 Å². The third-order valence-electron chi connectivity index (χ3n) is 7.73. The molecule has 2 aromatic heterocycles. The molecule has 34 heavy (non-hydrogen) atoms. The molecule has 1 saturated carbocycles. The Kier molecular flexibility index (Phi) is 6.07. The lowest BCUT2D eigenvalue weighted by Crippen LogP contribution is -2.38. The molecule has 1 N–H and O–H groups in total. The molecule has 3 aromatic rings. The fourth-order valence-corrected chi connectivity index (χ4v) is 5.87. The predicted octanol–water partition coefficient (Wildman–Crippen LogP) is 5.29. The minimum Gasteiger partial charge on any atom is -0.354 e. The Bertz CT molecular complexity index is 1200. The zero-order chi connectivity index (χ0) is 23.7. The van der Waals surface area contributed by atoms with Gasteiger partial charge in [-0.25, -0.2) is 9.07 Å². The largest absolute Gasteiger partial charge is 0.354 e. The number of allylic oxidation sites excluding steroid dienone is 1. The first kappa shape index (κ1) is 22.5. The highest BCUT2D eigenvalue weighted by molar-refractivity contribution is 5.73. The molecule has 3 unspecified atom stereocenters. The van der Waals surface area contributed by atoms with Crippen molar-refractivity contribution in [3.63, 3.8) is 0 Å². The van der Waals surface area contributed by atoms with E-state index in [1.807, 2.05) is 35.4 Å². The molecular weight excluding hydrogens is 427 g/mol. The van der Waals surface area contributed by atoms with Gasteiger partial charge in [0.05, 0.1) is 17.6 Å². The first-order valence-electron chi connectivity index (χ1n) is 12.1. The molecule has 2 aliphatic rings. The Hall–Kier alpha value is -3.28. The monoisotopic (exact) mass is 458 g/mol. The van der Waals surface area contributed by atoms with Gasteiger partial charge in [-0.05, 0) is 103 Å². The second-order valence-corrected chi connectivity index (χ2v) is 9.97. The number of nitrogens with one attached hydrogen (secondary N) is 1. The summed E-state index contributed by atoms with van der Waals surface area (Å²) in [6.45, 7) is 3.99. The molecule has 3 atom stereocenters. The standard InChI is InChI=1S/C28H31FN4O/c1-19(34)32-25(8-3-20-11-13-30-14-12-20)15-22-4-5-23-16-27-21(17-28(22,23)2)18-31-33(27)26-9-6-24(29)7-10-26/h6-7,9-14,16,18,22,25H,3-5,8,15,17H2,1-2H3,(H,32,34). The first-order valence-corrected chi connectivity index (χ1v) is 12.1. The molecule has 1 aromatic carbocycles. The van der Waals surface area contributed by atoms with Gasteiger partial charge in [0, 0.05) is 25.4 Å². The van der Waals surface area contributed by atoms with Crippen LogP contribution in [0.15, 0.2) is 60.6 Å². The van der Waals surface area contributed by atoms with Crippen LogP contribution in [-0.2, 0) is 17.6 Å². The van der Waals surface area contributed by atoms with Crippen LogP contribution in [-0.4, -0.2) is 26.7 Å². The number of hydrogen-bond donors (Lipinski definition) is 1. The van der Waals surface area contributed by atoms with Crippen molar-refractivity contribution < 1.29 is 9.18 Å². The molecule has 176 valence electrons. The SMILES string of the molecule is CC(=O)NC(CCc1ccncc1)CC1CCC2=Cc3c(cnn3-c3ccc(F)cc3)CC21C. The molecule has 1 amide bonds. The van der Waals surface area contributed by atoms with Crippen molar-refractivity contribution in [2.24, 2.45) is 11.3 Å². The lowest BCUT2D eigenvalue weighted by atomic mass is 9.68. The van der Waals surface area contributed by atoms with Crippen LogP contribution >= 0.6 is 0 Å². The van der Waals surface area contributed by atoms with E-state index in [0.29, 0.717) is 5.92 Å². The summed E-state index contributed by atoms with van der Waals surface area (Å²) in [5, 5.41) is 7.85. The Morgan fingerprint density at radius 2 is 2.00 bits per heavy atom. The number of carbonyl (C=O) groups is 1. The maximum absolute atomic E-state index is 13.4. The summed E-state index contributed by atoms with van der Waals surface area (Å²) in [4.78, 5) is 16.1. The van der Waals surface area contributed by atoms with Crippen LogP contribution < -0.4 is 5.32 Å². The van der Waals surface area contributed by atoms with Crippen molar-refractivity contribution in [1.82, 2.24) is 20.1 Å².